The van der Waals surface area contributed by atoms with Gasteiger partial charge in [0.25, 0.3) is 0 Å². The van der Waals surface area contributed by atoms with Gasteiger partial charge in [0.1, 0.15) is 0 Å². The first-order chi connectivity index (χ1) is 10.0. The molecule has 3 aliphatic rings. The minimum Gasteiger partial charge on any atom is -0.301 e. The van der Waals surface area contributed by atoms with Gasteiger partial charge in [-0.05, 0) is 83.2 Å². The van der Waals surface area contributed by atoms with Crippen LogP contribution in [0.25, 0.3) is 0 Å². The van der Waals surface area contributed by atoms with Gasteiger partial charge in [-0.25, -0.2) is 0 Å². The van der Waals surface area contributed by atoms with Crippen molar-refractivity contribution in [2.24, 2.45) is 17.8 Å². The molecule has 2 atom stereocenters. The summed E-state index contributed by atoms with van der Waals surface area (Å²) in [5.41, 5.74) is 0. The van der Waals surface area contributed by atoms with Gasteiger partial charge >= 0.3 is 0 Å². The summed E-state index contributed by atoms with van der Waals surface area (Å²) in [5.74, 6) is 2.87. The third-order valence-electron chi connectivity index (χ3n) is 6.71. The Bertz CT molecular complexity index is 316. The molecule has 0 aliphatic carbocycles. The molecule has 21 heavy (non-hydrogen) atoms. The Morgan fingerprint density at radius 2 is 1.43 bits per heavy atom. The summed E-state index contributed by atoms with van der Waals surface area (Å²) in [4.78, 5) is 5.60. The van der Waals surface area contributed by atoms with Crippen LogP contribution in [0.2, 0.25) is 0 Å². The fourth-order valence-electron chi connectivity index (χ4n) is 5.11. The van der Waals surface area contributed by atoms with Crippen LogP contribution in [0, 0.1) is 17.8 Å². The maximum Gasteiger partial charge on any atom is 0.0102 e. The molecule has 0 saturated carbocycles. The van der Waals surface area contributed by atoms with E-state index in [1.807, 2.05) is 0 Å². The molecule has 3 saturated heterocycles. The van der Waals surface area contributed by atoms with Crippen LogP contribution in [0.1, 0.15) is 66.2 Å². The zero-order valence-corrected chi connectivity index (χ0v) is 14.7. The molecule has 3 aliphatic heterocycles. The number of hydrogen-bond acceptors (Lipinski definition) is 2. The first-order valence-corrected chi connectivity index (χ1v) is 9.54. The third-order valence-corrected chi connectivity index (χ3v) is 6.71. The molecule has 0 aromatic heterocycles. The Balaban J connectivity index is 1.51. The predicted octanol–water partition coefficient (Wildman–Crippen LogP) is 4.01. The average molecular weight is 293 g/mol. The molecule has 2 unspecified atom stereocenters. The Labute approximate surface area is 132 Å². The normalized spacial score (nSPS) is 36.0. The molecular formula is C19H36N2. The molecule has 2 bridgehead atoms. The van der Waals surface area contributed by atoms with Gasteiger partial charge in [-0.1, -0.05) is 13.8 Å². The van der Waals surface area contributed by atoms with Crippen molar-refractivity contribution in [3.05, 3.63) is 0 Å². The highest BCUT2D eigenvalue weighted by atomic mass is 15.2. The van der Waals surface area contributed by atoms with Gasteiger partial charge in [-0.15, -0.1) is 0 Å². The lowest BCUT2D eigenvalue weighted by atomic mass is 9.82. The highest BCUT2D eigenvalue weighted by Crippen LogP contribution is 2.42. The standard InChI is InChI=1S/C19H36N2/c1-14(2)17-11-18-5-6-19(12-17)21(18)13-16-7-9-20(10-8-16)15(3)4/h14-19H,5-13H2,1-4H3. The van der Waals surface area contributed by atoms with Crippen molar-refractivity contribution in [1.82, 2.24) is 9.80 Å². The second-order valence-electron chi connectivity index (χ2n) is 8.63. The van der Waals surface area contributed by atoms with Crippen molar-refractivity contribution in [2.45, 2.75) is 84.3 Å². The lowest BCUT2D eigenvalue weighted by molar-refractivity contribution is 0.0512. The minimum absolute atomic E-state index is 0.740. The Morgan fingerprint density at radius 1 is 0.857 bits per heavy atom. The summed E-state index contributed by atoms with van der Waals surface area (Å²) in [5, 5.41) is 0. The Kier molecular flexibility index (Phi) is 4.95. The fourth-order valence-corrected chi connectivity index (χ4v) is 5.11. The van der Waals surface area contributed by atoms with Crippen LogP contribution in [-0.2, 0) is 0 Å². The van der Waals surface area contributed by atoms with Crippen LogP contribution in [0.5, 0.6) is 0 Å². The van der Waals surface area contributed by atoms with Crippen molar-refractivity contribution in [2.75, 3.05) is 19.6 Å². The fraction of sp³-hybridized carbons (Fsp3) is 1.00. The van der Waals surface area contributed by atoms with E-state index in [0.717, 1.165) is 35.9 Å². The molecule has 0 aromatic rings. The van der Waals surface area contributed by atoms with Gasteiger partial charge < -0.3 is 4.90 Å². The van der Waals surface area contributed by atoms with Crippen molar-refractivity contribution in [3.8, 4) is 0 Å². The summed E-state index contributed by atoms with van der Waals surface area (Å²) in [7, 11) is 0. The third kappa shape index (κ3) is 3.47. The molecule has 2 heteroatoms. The van der Waals surface area contributed by atoms with E-state index in [0.29, 0.717) is 0 Å². The molecule has 0 N–H and O–H groups in total. The Hall–Kier alpha value is -0.0800. The molecule has 2 nitrogen and oxygen atoms in total. The van der Waals surface area contributed by atoms with Gasteiger partial charge in [0, 0.05) is 24.7 Å². The molecule has 122 valence electrons. The van der Waals surface area contributed by atoms with Crippen molar-refractivity contribution in [3.63, 3.8) is 0 Å². The smallest absolute Gasteiger partial charge is 0.0102 e. The van der Waals surface area contributed by atoms with E-state index in [1.54, 1.807) is 0 Å². The second kappa shape index (κ2) is 6.58. The van der Waals surface area contributed by atoms with Gasteiger partial charge in [-0.2, -0.15) is 0 Å². The largest absolute Gasteiger partial charge is 0.301 e. The van der Waals surface area contributed by atoms with Crippen molar-refractivity contribution < 1.29 is 0 Å². The monoisotopic (exact) mass is 292 g/mol. The highest BCUT2D eigenvalue weighted by molar-refractivity contribution is 4.96. The molecular weight excluding hydrogens is 256 g/mol. The molecule has 0 spiro atoms. The summed E-state index contributed by atoms with van der Waals surface area (Å²) >= 11 is 0. The maximum absolute atomic E-state index is 2.94. The van der Waals surface area contributed by atoms with E-state index >= 15 is 0 Å². The zero-order valence-electron chi connectivity index (χ0n) is 14.7. The van der Waals surface area contributed by atoms with Gasteiger partial charge in [-0.3, -0.25) is 4.90 Å². The van der Waals surface area contributed by atoms with Crippen LogP contribution in [0.15, 0.2) is 0 Å². The predicted molar refractivity (Wildman–Crippen MR) is 90.5 cm³/mol. The number of likely N-dealkylation sites (tertiary alicyclic amines) is 1. The summed E-state index contributed by atoms with van der Waals surface area (Å²) in [6, 6.07) is 2.60. The SMILES string of the molecule is CC(C)C1CC2CCC(C1)N2CC1CCN(C(C)C)CC1. The van der Waals surface area contributed by atoms with Crippen LogP contribution in [-0.4, -0.2) is 47.6 Å². The molecule has 3 fully saturated rings. The number of piperidine rings is 2. The summed E-state index contributed by atoms with van der Waals surface area (Å²) in [6.45, 7) is 13.6. The van der Waals surface area contributed by atoms with Crippen molar-refractivity contribution >= 4 is 0 Å². The molecule has 3 heterocycles. The van der Waals surface area contributed by atoms with Gasteiger partial charge in [0.15, 0.2) is 0 Å². The maximum atomic E-state index is 2.94. The van der Waals surface area contributed by atoms with E-state index in [-0.39, 0.29) is 0 Å². The van der Waals surface area contributed by atoms with Crippen LogP contribution in [0.3, 0.4) is 0 Å². The summed E-state index contributed by atoms with van der Waals surface area (Å²) in [6.07, 6.45) is 8.80. The molecule has 0 aromatic carbocycles. The second-order valence-corrected chi connectivity index (χ2v) is 8.63. The number of fused-ring (bicyclic) bond motifs is 2. The quantitative estimate of drug-likeness (QED) is 0.772. The lowest BCUT2D eigenvalue weighted by Crippen LogP contribution is -2.48. The number of rotatable bonds is 4. The van der Waals surface area contributed by atoms with E-state index in [4.69, 9.17) is 0 Å². The first-order valence-electron chi connectivity index (χ1n) is 9.54. The molecule has 0 amide bonds. The van der Waals surface area contributed by atoms with Gasteiger partial charge in [0.2, 0.25) is 0 Å². The van der Waals surface area contributed by atoms with Crippen molar-refractivity contribution in [1.29, 1.82) is 0 Å². The zero-order chi connectivity index (χ0) is 15.0. The molecule has 0 radical (unpaired) electrons. The highest BCUT2D eigenvalue weighted by Gasteiger charge is 2.42. The first kappa shape index (κ1) is 15.8. The van der Waals surface area contributed by atoms with Crippen LogP contribution in [0.4, 0.5) is 0 Å². The minimum atomic E-state index is 0.740. The number of hydrogen-bond donors (Lipinski definition) is 0. The summed E-state index contributed by atoms with van der Waals surface area (Å²) < 4.78 is 0. The van der Waals surface area contributed by atoms with E-state index < -0.39 is 0 Å². The lowest BCUT2D eigenvalue weighted by Gasteiger charge is -2.43. The molecule has 3 rings (SSSR count). The van der Waals surface area contributed by atoms with Crippen LogP contribution >= 0.6 is 0 Å². The topological polar surface area (TPSA) is 6.48 Å². The van der Waals surface area contributed by atoms with Gasteiger partial charge in [0.05, 0.1) is 0 Å². The van der Waals surface area contributed by atoms with E-state index in [9.17, 15) is 0 Å². The van der Waals surface area contributed by atoms with E-state index in [2.05, 4.69) is 37.5 Å². The van der Waals surface area contributed by atoms with E-state index in [1.165, 1.54) is 58.2 Å². The number of nitrogens with zero attached hydrogens (tertiary/aromatic N) is 2. The Morgan fingerprint density at radius 3 is 1.90 bits per heavy atom. The average Bonchev–Trinajstić information content (AvgIpc) is 2.70. The van der Waals surface area contributed by atoms with Crippen LogP contribution < -0.4 is 0 Å².